The first-order valence-electron chi connectivity index (χ1n) is 13.9. The van der Waals surface area contributed by atoms with Crippen LogP contribution in [0.5, 0.6) is 0 Å². The first kappa shape index (κ1) is 28.0. The monoisotopic (exact) mass is 535 g/mol. The van der Waals surface area contributed by atoms with E-state index in [2.05, 4.69) is 15.4 Å². The Balaban J connectivity index is 1.40. The van der Waals surface area contributed by atoms with Crippen LogP contribution in [-0.4, -0.2) is 69.1 Å². The molecule has 206 valence electrons. The van der Waals surface area contributed by atoms with Crippen LogP contribution in [0.25, 0.3) is 0 Å². The molecule has 2 heterocycles. The molecule has 1 aliphatic carbocycles. The van der Waals surface area contributed by atoms with Gasteiger partial charge in [0.1, 0.15) is 5.60 Å². The highest BCUT2D eigenvalue weighted by molar-refractivity contribution is 6.30. The van der Waals surface area contributed by atoms with E-state index >= 15 is 0 Å². The van der Waals surface area contributed by atoms with Crippen molar-refractivity contribution in [3.63, 3.8) is 0 Å². The van der Waals surface area contributed by atoms with E-state index in [9.17, 15) is 9.59 Å². The lowest BCUT2D eigenvalue weighted by Gasteiger charge is -2.39. The van der Waals surface area contributed by atoms with Crippen molar-refractivity contribution in [2.24, 2.45) is 11.8 Å². The number of piperidine rings is 1. The van der Waals surface area contributed by atoms with E-state index in [0.717, 1.165) is 44.3 Å². The number of carbonyl (C=O) groups is 2. The Morgan fingerprint density at radius 3 is 2.78 bits per heavy atom. The Kier molecular flexibility index (Phi) is 10.3. The lowest BCUT2D eigenvalue weighted by molar-refractivity contribution is -0.0387. The molecule has 9 heteroatoms. The molecule has 1 aromatic carbocycles. The minimum atomic E-state index is -0.488. The van der Waals surface area contributed by atoms with Crippen molar-refractivity contribution in [1.29, 1.82) is 0 Å². The third-order valence-electron chi connectivity index (χ3n) is 8.07. The van der Waals surface area contributed by atoms with Crippen LogP contribution >= 0.6 is 11.6 Å². The van der Waals surface area contributed by atoms with Gasteiger partial charge in [0, 0.05) is 43.5 Å². The van der Waals surface area contributed by atoms with E-state index in [1.165, 1.54) is 39.2 Å². The van der Waals surface area contributed by atoms with Crippen LogP contribution in [0.4, 0.5) is 9.59 Å². The highest BCUT2D eigenvalue weighted by atomic mass is 35.5. The number of alkyl carbamates (subject to hydrolysis) is 1. The number of carbonyl (C=O) groups excluding carboxylic acids is 2. The summed E-state index contributed by atoms with van der Waals surface area (Å²) in [5.74, 6) is 0.739. The van der Waals surface area contributed by atoms with Gasteiger partial charge in [-0.1, -0.05) is 55.8 Å². The third-order valence-corrected chi connectivity index (χ3v) is 8.30. The van der Waals surface area contributed by atoms with E-state index in [1.807, 2.05) is 29.2 Å². The Morgan fingerprint density at radius 2 is 2.05 bits per heavy atom. The maximum Gasteiger partial charge on any atom is 0.410 e. The first-order valence-corrected chi connectivity index (χ1v) is 14.2. The van der Waals surface area contributed by atoms with Gasteiger partial charge in [0.25, 0.3) is 0 Å². The molecule has 3 atom stereocenters. The molecule has 0 aromatic heterocycles. The summed E-state index contributed by atoms with van der Waals surface area (Å²) >= 11 is 6.30. The molecular weight excluding hydrogens is 494 g/mol. The number of rotatable bonds is 9. The lowest BCUT2D eigenvalue weighted by Crippen LogP contribution is -2.48. The fourth-order valence-corrected chi connectivity index (χ4v) is 6.41. The maximum atomic E-state index is 13.5. The van der Waals surface area contributed by atoms with Gasteiger partial charge in [-0.2, -0.15) is 0 Å². The predicted octanol–water partition coefficient (Wildman–Crippen LogP) is 5.30. The summed E-state index contributed by atoms with van der Waals surface area (Å²) in [6.45, 7) is 3.55. The molecule has 1 aromatic rings. The molecular formula is C28H42ClN3O5. The van der Waals surface area contributed by atoms with E-state index in [0.29, 0.717) is 37.2 Å². The van der Waals surface area contributed by atoms with Gasteiger partial charge in [-0.05, 0) is 49.4 Å². The van der Waals surface area contributed by atoms with E-state index < -0.39 is 11.7 Å². The van der Waals surface area contributed by atoms with E-state index in [-0.39, 0.29) is 18.1 Å². The molecule has 0 bridgehead atoms. The molecule has 1 unspecified atom stereocenters. The maximum absolute atomic E-state index is 13.5. The highest BCUT2D eigenvalue weighted by Gasteiger charge is 2.42. The minimum Gasteiger partial charge on any atom is -0.453 e. The minimum absolute atomic E-state index is 0.0916. The molecule has 4 rings (SSSR count). The Morgan fingerprint density at radius 1 is 1.22 bits per heavy atom. The largest absolute Gasteiger partial charge is 0.453 e. The average molecular weight is 536 g/mol. The summed E-state index contributed by atoms with van der Waals surface area (Å²) in [7, 11) is 1.33. The average Bonchev–Trinajstić information content (AvgIpc) is 3.36. The number of ether oxygens (including phenoxy) is 3. The predicted molar refractivity (Wildman–Crippen MR) is 143 cm³/mol. The zero-order chi connectivity index (χ0) is 26.1. The van der Waals surface area contributed by atoms with Gasteiger partial charge in [-0.3, -0.25) is 0 Å². The number of halogens is 1. The molecule has 2 aliphatic heterocycles. The van der Waals surface area contributed by atoms with Gasteiger partial charge in [0.05, 0.1) is 19.8 Å². The van der Waals surface area contributed by atoms with Gasteiger partial charge in [0.15, 0.2) is 0 Å². The smallest absolute Gasteiger partial charge is 0.410 e. The summed E-state index contributed by atoms with van der Waals surface area (Å²) < 4.78 is 17.3. The number of hydrogen-bond acceptors (Lipinski definition) is 6. The van der Waals surface area contributed by atoms with Crippen molar-refractivity contribution in [2.45, 2.75) is 69.5 Å². The van der Waals surface area contributed by atoms with Crippen LogP contribution in [-0.2, 0) is 14.2 Å². The van der Waals surface area contributed by atoms with Gasteiger partial charge in [-0.15, -0.1) is 0 Å². The van der Waals surface area contributed by atoms with Crippen molar-refractivity contribution in [2.75, 3.05) is 46.4 Å². The summed E-state index contributed by atoms with van der Waals surface area (Å²) in [5, 5.41) is 6.74. The van der Waals surface area contributed by atoms with Crippen LogP contribution in [0.1, 0.15) is 69.5 Å². The van der Waals surface area contributed by atoms with Gasteiger partial charge in [0.2, 0.25) is 0 Å². The van der Waals surface area contributed by atoms with Gasteiger partial charge in [-0.25, -0.2) is 9.59 Å². The van der Waals surface area contributed by atoms with Crippen LogP contribution in [0.15, 0.2) is 24.3 Å². The number of nitrogens with zero attached hydrogens (tertiary/aromatic N) is 1. The number of amides is 2. The normalized spacial score (nSPS) is 25.5. The standard InChI is InChI=1S/C28H42ClN3O5/c1-35-26(33)31-14-16-36-25(22-9-5-11-24(29)17-22)23-10-6-15-32(19-23)27(34)37-28(12-13-30-20-28)18-21-7-3-2-4-8-21/h5,9,11,17,21,23,25,30H,2-4,6-8,10,12-16,18-20H2,1H3,(H,31,33)/t23-,25+,28?/m1/s1. The van der Waals surface area contributed by atoms with Crippen LogP contribution < -0.4 is 10.6 Å². The number of methoxy groups -OCH3 is 1. The van der Waals surface area contributed by atoms with Crippen molar-refractivity contribution >= 4 is 23.8 Å². The SMILES string of the molecule is COC(=O)NCCO[C@@H](c1cccc(Cl)c1)[C@@H]1CCCN(C(=O)OC2(CC3CCCCC3)CCNC2)C1. The third kappa shape index (κ3) is 7.98. The molecule has 8 nitrogen and oxygen atoms in total. The lowest BCUT2D eigenvalue weighted by atomic mass is 9.80. The highest BCUT2D eigenvalue weighted by Crippen LogP contribution is 2.37. The molecule has 2 saturated heterocycles. The quantitative estimate of drug-likeness (QED) is 0.417. The van der Waals surface area contributed by atoms with Crippen molar-refractivity contribution < 1.29 is 23.8 Å². The number of hydrogen-bond donors (Lipinski definition) is 2. The topological polar surface area (TPSA) is 89.1 Å². The summed E-state index contributed by atoms with van der Waals surface area (Å²) in [6.07, 6.45) is 9.10. The number of benzene rings is 1. The number of nitrogens with one attached hydrogen (secondary N) is 2. The van der Waals surface area contributed by atoms with Crippen LogP contribution in [0, 0.1) is 11.8 Å². The molecule has 2 amide bonds. The second-order valence-electron chi connectivity index (χ2n) is 10.8. The fourth-order valence-electron chi connectivity index (χ4n) is 6.21. The van der Waals surface area contributed by atoms with Crippen molar-refractivity contribution in [1.82, 2.24) is 15.5 Å². The van der Waals surface area contributed by atoms with Crippen LogP contribution in [0.2, 0.25) is 5.02 Å². The molecule has 1 saturated carbocycles. The summed E-state index contributed by atoms with van der Waals surface area (Å²) in [4.78, 5) is 26.8. The molecule has 37 heavy (non-hydrogen) atoms. The Bertz CT molecular complexity index is 888. The molecule has 0 spiro atoms. The zero-order valence-corrected chi connectivity index (χ0v) is 22.8. The first-order chi connectivity index (χ1) is 18.0. The fraction of sp³-hybridized carbons (Fsp3) is 0.714. The van der Waals surface area contributed by atoms with Crippen LogP contribution in [0.3, 0.4) is 0 Å². The van der Waals surface area contributed by atoms with Gasteiger partial charge < -0.3 is 29.7 Å². The molecule has 3 fully saturated rings. The molecule has 2 N–H and O–H groups in total. The Hall–Kier alpha value is -2.03. The molecule has 3 aliphatic rings. The second-order valence-corrected chi connectivity index (χ2v) is 11.2. The molecule has 0 radical (unpaired) electrons. The van der Waals surface area contributed by atoms with Gasteiger partial charge >= 0.3 is 12.2 Å². The van der Waals surface area contributed by atoms with Crippen molar-refractivity contribution in [3.8, 4) is 0 Å². The number of likely N-dealkylation sites (tertiary alicyclic amines) is 1. The van der Waals surface area contributed by atoms with E-state index in [4.69, 9.17) is 21.1 Å². The van der Waals surface area contributed by atoms with Crippen molar-refractivity contribution in [3.05, 3.63) is 34.9 Å². The summed E-state index contributed by atoms with van der Waals surface area (Å²) in [6, 6.07) is 7.68. The Labute approximate surface area is 225 Å². The summed E-state index contributed by atoms with van der Waals surface area (Å²) in [5.41, 5.74) is 0.577. The second kappa shape index (κ2) is 13.7. The van der Waals surface area contributed by atoms with E-state index in [1.54, 1.807) is 0 Å². The zero-order valence-electron chi connectivity index (χ0n) is 22.0.